The number of amides is 1. The number of carbonyl (C=O) groups excluding carboxylic acids is 1. The largest absolute Gasteiger partial charge is 0.489 e. The lowest BCUT2D eigenvalue weighted by molar-refractivity contribution is 0.0634. The van der Waals surface area contributed by atoms with Crippen LogP contribution in [0, 0.1) is 0 Å². The number of piperidine rings is 1. The Morgan fingerprint density at radius 2 is 2.04 bits per heavy atom. The van der Waals surface area contributed by atoms with E-state index < -0.39 is 12.0 Å². The van der Waals surface area contributed by atoms with Crippen molar-refractivity contribution in [3.8, 4) is 5.75 Å². The molecule has 1 aromatic carbocycles. The lowest BCUT2D eigenvalue weighted by Crippen LogP contribution is -2.43. The first-order valence-electron chi connectivity index (χ1n) is 7.47. The summed E-state index contributed by atoms with van der Waals surface area (Å²) in [5.74, 6) is -0.316. The van der Waals surface area contributed by atoms with Gasteiger partial charge >= 0.3 is 0 Å². The van der Waals surface area contributed by atoms with Gasteiger partial charge in [-0.05, 0) is 25.0 Å². The van der Waals surface area contributed by atoms with E-state index in [1.165, 1.54) is 0 Å². The molecule has 2 rings (SSSR count). The van der Waals surface area contributed by atoms with Crippen molar-refractivity contribution in [3.63, 3.8) is 0 Å². The molecule has 0 spiro atoms. The van der Waals surface area contributed by atoms with Gasteiger partial charge in [0.05, 0.1) is 16.1 Å². The fraction of sp³-hybridized carbons (Fsp3) is 0.533. The molecule has 1 saturated heterocycles. The van der Waals surface area contributed by atoms with E-state index in [0.29, 0.717) is 12.3 Å². The summed E-state index contributed by atoms with van der Waals surface area (Å²) in [5, 5.41) is 9.96. The van der Waals surface area contributed by atoms with Gasteiger partial charge in [0.1, 0.15) is 17.4 Å². The number of hydrogen-bond donors (Lipinski definition) is 3. The molecule has 1 heterocycles. The average molecular weight is 362 g/mol. The van der Waals surface area contributed by atoms with Crippen LogP contribution < -0.4 is 16.2 Å². The third-order valence-electron chi connectivity index (χ3n) is 3.87. The zero-order valence-corrected chi connectivity index (χ0v) is 14.2. The van der Waals surface area contributed by atoms with E-state index in [2.05, 4.69) is 4.90 Å². The van der Waals surface area contributed by atoms with Crippen LogP contribution in [0.25, 0.3) is 0 Å². The Balaban J connectivity index is 1.99. The maximum atomic E-state index is 11.6. The molecule has 1 aliphatic heterocycles. The van der Waals surface area contributed by atoms with Crippen molar-refractivity contribution in [2.75, 3.05) is 26.2 Å². The fourth-order valence-electron chi connectivity index (χ4n) is 2.62. The first kappa shape index (κ1) is 18.3. The minimum Gasteiger partial charge on any atom is -0.489 e. The van der Waals surface area contributed by atoms with Crippen LogP contribution in [0.15, 0.2) is 12.1 Å². The number of benzene rings is 1. The average Bonchev–Trinajstić information content (AvgIpc) is 2.52. The number of aliphatic hydroxyl groups excluding tert-OH is 1. The van der Waals surface area contributed by atoms with E-state index >= 15 is 0 Å². The number of primary amides is 1. The quantitative estimate of drug-likeness (QED) is 0.707. The van der Waals surface area contributed by atoms with Crippen LogP contribution in [-0.2, 0) is 0 Å². The number of hydrogen-bond acceptors (Lipinski definition) is 5. The Labute approximate surface area is 145 Å². The maximum Gasteiger partial charge on any atom is 0.254 e. The summed E-state index contributed by atoms with van der Waals surface area (Å²) in [6.07, 6.45) is 0.992. The van der Waals surface area contributed by atoms with Crippen molar-refractivity contribution in [1.29, 1.82) is 0 Å². The molecule has 1 aromatic rings. The monoisotopic (exact) mass is 361 g/mol. The number of aliphatic hydroxyl groups is 1. The summed E-state index contributed by atoms with van der Waals surface area (Å²) < 4.78 is 5.91. The maximum absolute atomic E-state index is 11.6. The number of β-amino-alcohol motifs (C(OH)–C–C–N with tert-alkyl or cyclic N) is 1. The molecule has 0 aliphatic carbocycles. The summed E-state index contributed by atoms with van der Waals surface area (Å²) in [7, 11) is 0. The molecule has 0 radical (unpaired) electrons. The molecule has 6 nitrogen and oxygen atoms in total. The third-order valence-corrected chi connectivity index (χ3v) is 4.68. The molecule has 23 heavy (non-hydrogen) atoms. The number of likely N-dealkylation sites (tertiary alicyclic amines) is 1. The molecule has 0 aromatic heterocycles. The molecule has 0 bridgehead atoms. The minimum atomic E-state index is -0.670. The fourth-order valence-corrected chi connectivity index (χ4v) is 3.03. The van der Waals surface area contributed by atoms with Gasteiger partial charge in [-0.25, -0.2) is 0 Å². The van der Waals surface area contributed by atoms with Gasteiger partial charge in [-0.2, -0.15) is 0 Å². The van der Waals surface area contributed by atoms with Gasteiger partial charge < -0.3 is 26.2 Å². The highest BCUT2D eigenvalue weighted by molar-refractivity contribution is 6.44. The van der Waals surface area contributed by atoms with Crippen LogP contribution in [0.5, 0.6) is 5.75 Å². The van der Waals surface area contributed by atoms with E-state index in [-0.39, 0.29) is 28.3 Å². The van der Waals surface area contributed by atoms with E-state index in [1.807, 2.05) is 0 Å². The van der Waals surface area contributed by atoms with E-state index in [9.17, 15) is 9.90 Å². The standard InChI is InChI=1S/C15H21Cl2N3O3/c16-11-1-2-12(13(14(11)17)15(19)22)23-10-3-5-20(6-4-10)8-9(21)7-18/h1-2,9-10,21H,3-8,18H2,(H2,19,22). The van der Waals surface area contributed by atoms with Gasteiger partial charge in [0.15, 0.2) is 0 Å². The predicted molar refractivity (Wildman–Crippen MR) is 90.1 cm³/mol. The van der Waals surface area contributed by atoms with Crippen LogP contribution in [0.3, 0.4) is 0 Å². The Morgan fingerprint density at radius 1 is 1.39 bits per heavy atom. The molecule has 8 heteroatoms. The second kappa shape index (κ2) is 8.17. The number of ether oxygens (including phenoxy) is 1. The zero-order valence-electron chi connectivity index (χ0n) is 12.7. The molecule has 0 saturated carbocycles. The summed E-state index contributed by atoms with van der Waals surface area (Å²) >= 11 is 12.0. The van der Waals surface area contributed by atoms with Gasteiger partial charge in [-0.3, -0.25) is 4.79 Å². The molecule has 128 valence electrons. The van der Waals surface area contributed by atoms with Crippen molar-refractivity contribution in [3.05, 3.63) is 27.7 Å². The summed E-state index contributed by atoms with van der Waals surface area (Å²) in [4.78, 5) is 13.7. The zero-order chi connectivity index (χ0) is 17.0. The number of nitrogens with zero attached hydrogens (tertiary/aromatic N) is 1. The normalized spacial score (nSPS) is 17.9. The minimum absolute atomic E-state index is 0.0448. The van der Waals surface area contributed by atoms with Crippen molar-refractivity contribution in [2.24, 2.45) is 11.5 Å². The van der Waals surface area contributed by atoms with Crippen LogP contribution in [0.2, 0.25) is 10.0 Å². The number of halogens is 2. The topological polar surface area (TPSA) is 102 Å². The summed E-state index contributed by atoms with van der Waals surface area (Å²) in [6, 6.07) is 3.19. The Hall–Kier alpha value is -1.05. The molecule has 5 N–H and O–H groups in total. The molecular formula is C15H21Cl2N3O3. The highest BCUT2D eigenvalue weighted by Crippen LogP contribution is 2.34. The van der Waals surface area contributed by atoms with E-state index in [0.717, 1.165) is 25.9 Å². The van der Waals surface area contributed by atoms with Gasteiger partial charge in [0.25, 0.3) is 5.91 Å². The number of carbonyl (C=O) groups is 1. The van der Waals surface area contributed by atoms with Crippen LogP contribution >= 0.6 is 23.2 Å². The van der Waals surface area contributed by atoms with Gasteiger partial charge in [0, 0.05) is 26.2 Å². The molecule has 1 fully saturated rings. The predicted octanol–water partition coefficient (Wildman–Crippen LogP) is 1.26. The van der Waals surface area contributed by atoms with Crippen LogP contribution in [0.4, 0.5) is 0 Å². The van der Waals surface area contributed by atoms with Crippen LogP contribution in [-0.4, -0.2) is 54.3 Å². The Morgan fingerprint density at radius 3 is 2.61 bits per heavy atom. The first-order chi connectivity index (χ1) is 10.9. The summed E-state index contributed by atoms with van der Waals surface area (Å²) in [5.41, 5.74) is 10.9. The SMILES string of the molecule is NCC(O)CN1CCC(Oc2ccc(Cl)c(Cl)c2C(N)=O)CC1. The van der Waals surface area contributed by atoms with Gasteiger partial charge in [-0.1, -0.05) is 23.2 Å². The van der Waals surface area contributed by atoms with Crippen molar-refractivity contribution >= 4 is 29.1 Å². The first-order valence-corrected chi connectivity index (χ1v) is 8.23. The van der Waals surface area contributed by atoms with E-state index in [1.54, 1.807) is 12.1 Å². The van der Waals surface area contributed by atoms with Crippen molar-refractivity contribution in [2.45, 2.75) is 25.0 Å². The molecule has 1 unspecified atom stereocenters. The van der Waals surface area contributed by atoms with Crippen molar-refractivity contribution in [1.82, 2.24) is 4.90 Å². The highest BCUT2D eigenvalue weighted by atomic mass is 35.5. The summed E-state index contributed by atoms with van der Waals surface area (Å²) in [6.45, 7) is 2.38. The lowest BCUT2D eigenvalue weighted by atomic mass is 10.1. The molecule has 1 aliphatic rings. The smallest absolute Gasteiger partial charge is 0.254 e. The second-order valence-electron chi connectivity index (χ2n) is 5.61. The lowest BCUT2D eigenvalue weighted by Gasteiger charge is -2.33. The molecule has 1 amide bonds. The van der Waals surface area contributed by atoms with E-state index in [4.69, 9.17) is 39.4 Å². The third kappa shape index (κ3) is 4.71. The van der Waals surface area contributed by atoms with Gasteiger partial charge in [0.2, 0.25) is 0 Å². The second-order valence-corrected chi connectivity index (χ2v) is 6.39. The molecular weight excluding hydrogens is 341 g/mol. The molecule has 1 atom stereocenters. The highest BCUT2D eigenvalue weighted by Gasteiger charge is 2.24. The Kier molecular flexibility index (Phi) is 6.50. The van der Waals surface area contributed by atoms with Crippen LogP contribution in [0.1, 0.15) is 23.2 Å². The van der Waals surface area contributed by atoms with Crippen molar-refractivity contribution < 1.29 is 14.6 Å². The van der Waals surface area contributed by atoms with Gasteiger partial charge in [-0.15, -0.1) is 0 Å². The Bertz CT molecular complexity index is 563. The number of nitrogens with two attached hydrogens (primary N) is 2. The number of rotatable bonds is 6.